The average molecular weight is 190 g/mol. The number of ether oxygens (including phenoxy) is 1. The molecule has 2 rings (SSSR count). The van der Waals surface area contributed by atoms with Gasteiger partial charge in [0.05, 0.1) is 23.7 Å². The van der Waals surface area contributed by atoms with Gasteiger partial charge in [0.25, 0.3) is 0 Å². The standard InChI is InChI=1S/C10H10N2O2/c1-2-14-7-3-4-9-8(5-7)10(13)6-11-12-9/h3-6H,2H2,1H3,(H,12,13). The van der Waals surface area contributed by atoms with Crippen molar-refractivity contribution in [1.29, 1.82) is 0 Å². The molecule has 0 atom stereocenters. The quantitative estimate of drug-likeness (QED) is 0.777. The molecule has 0 bridgehead atoms. The molecule has 0 saturated heterocycles. The molecule has 1 heterocycles. The van der Waals surface area contributed by atoms with Crippen LogP contribution in [0, 0.1) is 0 Å². The Morgan fingerprint density at radius 3 is 3.14 bits per heavy atom. The van der Waals surface area contributed by atoms with Crippen molar-refractivity contribution in [3.63, 3.8) is 0 Å². The van der Waals surface area contributed by atoms with Gasteiger partial charge in [-0.2, -0.15) is 5.10 Å². The van der Waals surface area contributed by atoms with Gasteiger partial charge in [0.15, 0.2) is 0 Å². The van der Waals surface area contributed by atoms with E-state index in [1.165, 1.54) is 6.20 Å². The molecule has 1 N–H and O–H groups in total. The summed E-state index contributed by atoms with van der Waals surface area (Å²) in [5.41, 5.74) is 0.626. The largest absolute Gasteiger partial charge is 0.494 e. The van der Waals surface area contributed by atoms with Crippen molar-refractivity contribution in [3.8, 4) is 5.75 Å². The van der Waals surface area contributed by atoms with E-state index < -0.39 is 0 Å². The summed E-state index contributed by atoms with van der Waals surface area (Å²) in [6.45, 7) is 2.50. The van der Waals surface area contributed by atoms with Crippen molar-refractivity contribution in [2.75, 3.05) is 6.61 Å². The molecule has 0 saturated carbocycles. The van der Waals surface area contributed by atoms with Crippen LogP contribution in [0.5, 0.6) is 5.75 Å². The first-order valence-electron chi connectivity index (χ1n) is 4.41. The van der Waals surface area contributed by atoms with Crippen LogP contribution < -0.4 is 10.2 Å². The minimum Gasteiger partial charge on any atom is -0.494 e. The van der Waals surface area contributed by atoms with E-state index in [4.69, 9.17) is 4.74 Å². The maximum absolute atomic E-state index is 11.4. The lowest BCUT2D eigenvalue weighted by Gasteiger charge is -2.03. The molecule has 0 fully saturated rings. The Morgan fingerprint density at radius 1 is 1.50 bits per heavy atom. The second-order valence-electron chi connectivity index (χ2n) is 2.87. The van der Waals surface area contributed by atoms with E-state index in [9.17, 15) is 4.79 Å². The second-order valence-corrected chi connectivity index (χ2v) is 2.87. The van der Waals surface area contributed by atoms with Gasteiger partial charge in [0, 0.05) is 0 Å². The fraction of sp³-hybridized carbons (Fsp3) is 0.200. The number of aromatic amines is 1. The summed E-state index contributed by atoms with van der Waals surface area (Å²) in [5, 5.41) is 7.07. The first-order chi connectivity index (χ1) is 6.81. The van der Waals surface area contributed by atoms with E-state index in [1.54, 1.807) is 12.1 Å². The third kappa shape index (κ3) is 1.46. The molecule has 2 aromatic rings. The van der Waals surface area contributed by atoms with Crippen LogP contribution in [0.1, 0.15) is 6.92 Å². The third-order valence-corrected chi connectivity index (χ3v) is 1.93. The first kappa shape index (κ1) is 8.74. The van der Waals surface area contributed by atoms with Crippen LogP contribution in [-0.4, -0.2) is 16.8 Å². The number of aromatic nitrogens is 2. The average Bonchev–Trinajstić information content (AvgIpc) is 2.20. The summed E-state index contributed by atoms with van der Waals surface area (Å²) in [6.07, 6.45) is 1.26. The van der Waals surface area contributed by atoms with Crippen LogP contribution in [0.3, 0.4) is 0 Å². The summed E-state index contributed by atoms with van der Waals surface area (Å²) in [7, 11) is 0. The highest BCUT2D eigenvalue weighted by atomic mass is 16.5. The molecule has 72 valence electrons. The molecule has 0 unspecified atom stereocenters. The van der Waals surface area contributed by atoms with Gasteiger partial charge < -0.3 is 4.74 Å². The first-order valence-corrected chi connectivity index (χ1v) is 4.41. The maximum atomic E-state index is 11.4. The van der Waals surface area contributed by atoms with Crippen LogP contribution in [0.25, 0.3) is 10.9 Å². The molecule has 4 heteroatoms. The Hall–Kier alpha value is -1.84. The smallest absolute Gasteiger partial charge is 0.208 e. The number of benzene rings is 1. The molecule has 0 aliphatic carbocycles. The number of H-pyrrole nitrogens is 1. The van der Waals surface area contributed by atoms with Crippen molar-refractivity contribution >= 4 is 10.9 Å². The van der Waals surface area contributed by atoms with E-state index in [1.807, 2.05) is 13.0 Å². The van der Waals surface area contributed by atoms with Gasteiger partial charge in [-0.1, -0.05) is 0 Å². The zero-order valence-electron chi connectivity index (χ0n) is 7.78. The van der Waals surface area contributed by atoms with Gasteiger partial charge in [0.2, 0.25) is 5.43 Å². The van der Waals surface area contributed by atoms with Gasteiger partial charge in [0.1, 0.15) is 5.75 Å². The second kappa shape index (κ2) is 3.49. The number of hydrogen-bond donors (Lipinski definition) is 1. The van der Waals surface area contributed by atoms with Crippen molar-refractivity contribution < 1.29 is 4.74 Å². The highest BCUT2D eigenvalue weighted by molar-refractivity contribution is 5.79. The van der Waals surface area contributed by atoms with Crippen molar-refractivity contribution in [3.05, 3.63) is 34.6 Å². The number of fused-ring (bicyclic) bond motifs is 1. The van der Waals surface area contributed by atoms with Gasteiger partial charge in [-0.3, -0.25) is 9.89 Å². The Bertz CT molecular complexity index is 505. The fourth-order valence-electron chi connectivity index (χ4n) is 1.31. The fourth-order valence-corrected chi connectivity index (χ4v) is 1.31. The highest BCUT2D eigenvalue weighted by Gasteiger charge is 2.00. The van der Waals surface area contributed by atoms with Crippen molar-refractivity contribution in [1.82, 2.24) is 10.2 Å². The minimum atomic E-state index is -0.0969. The van der Waals surface area contributed by atoms with Crippen LogP contribution in [0.15, 0.2) is 29.2 Å². The van der Waals surface area contributed by atoms with Crippen LogP contribution in [-0.2, 0) is 0 Å². The normalized spacial score (nSPS) is 10.4. The van der Waals surface area contributed by atoms with E-state index in [0.29, 0.717) is 17.7 Å². The zero-order valence-corrected chi connectivity index (χ0v) is 7.78. The summed E-state index contributed by atoms with van der Waals surface area (Å²) in [5.74, 6) is 0.705. The lowest BCUT2D eigenvalue weighted by Crippen LogP contribution is -2.03. The molecular formula is C10H10N2O2. The highest BCUT2D eigenvalue weighted by Crippen LogP contribution is 2.15. The third-order valence-electron chi connectivity index (χ3n) is 1.93. The summed E-state index contributed by atoms with van der Waals surface area (Å²) in [4.78, 5) is 11.4. The van der Waals surface area contributed by atoms with E-state index >= 15 is 0 Å². The van der Waals surface area contributed by atoms with Crippen LogP contribution in [0.4, 0.5) is 0 Å². The maximum Gasteiger partial charge on any atom is 0.208 e. The molecule has 0 amide bonds. The van der Waals surface area contributed by atoms with E-state index in [-0.39, 0.29) is 5.43 Å². The molecule has 0 spiro atoms. The Balaban J connectivity index is 2.64. The number of nitrogens with zero attached hydrogens (tertiary/aromatic N) is 1. The van der Waals surface area contributed by atoms with Gasteiger partial charge >= 0.3 is 0 Å². The Morgan fingerprint density at radius 2 is 2.36 bits per heavy atom. The van der Waals surface area contributed by atoms with Gasteiger partial charge in [-0.25, -0.2) is 0 Å². The number of rotatable bonds is 2. The molecule has 4 nitrogen and oxygen atoms in total. The molecule has 14 heavy (non-hydrogen) atoms. The van der Waals surface area contributed by atoms with E-state index in [2.05, 4.69) is 10.2 Å². The molecular weight excluding hydrogens is 180 g/mol. The van der Waals surface area contributed by atoms with Crippen molar-refractivity contribution in [2.45, 2.75) is 6.92 Å². The summed E-state index contributed by atoms with van der Waals surface area (Å²) >= 11 is 0. The summed E-state index contributed by atoms with van der Waals surface area (Å²) in [6, 6.07) is 5.32. The molecule has 0 aliphatic rings. The molecule has 0 radical (unpaired) electrons. The molecule has 0 aliphatic heterocycles. The number of nitrogens with one attached hydrogen (secondary N) is 1. The Kier molecular flexibility index (Phi) is 2.18. The predicted molar refractivity (Wildman–Crippen MR) is 53.5 cm³/mol. The van der Waals surface area contributed by atoms with Crippen LogP contribution >= 0.6 is 0 Å². The van der Waals surface area contributed by atoms with Gasteiger partial charge in [-0.05, 0) is 25.1 Å². The molecule has 1 aromatic carbocycles. The van der Waals surface area contributed by atoms with E-state index in [0.717, 1.165) is 5.52 Å². The Labute approximate surface area is 80.5 Å². The lowest BCUT2D eigenvalue weighted by molar-refractivity contribution is 0.340. The predicted octanol–water partition coefficient (Wildman–Crippen LogP) is 1.32. The minimum absolute atomic E-state index is 0.0969. The lowest BCUT2D eigenvalue weighted by atomic mass is 10.2. The van der Waals surface area contributed by atoms with Crippen molar-refractivity contribution in [2.24, 2.45) is 0 Å². The monoisotopic (exact) mass is 190 g/mol. The number of hydrogen-bond acceptors (Lipinski definition) is 3. The summed E-state index contributed by atoms with van der Waals surface area (Å²) < 4.78 is 5.30. The van der Waals surface area contributed by atoms with Crippen LogP contribution in [0.2, 0.25) is 0 Å². The topological polar surface area (TPSA) is 55.0 Å². The zero-order chi connectivity index (χ0) is 9.97. The van der Waals surface area contributed by atoms with Gasteiger partial charge in [-0.15, -0.1) is 0 Å². The SMILES string of the molecule is CCOc1ccc2[nH]ncc(=O)c2c1. The molecule has 1 aromatic heterocycles.